The van der Waals surface area contributed by atoms with E-state index in [2.05, 4.69) is 25.1 Å². The van der Waals surface area contributed by atoms with Crippen LogP contribution in [0.4, 0.5) is 0 Å². The van der Waals surface area contributed by atoms with Crippen molar-refractivity contribution in [2.24, 2.45) is 0 Å². The predicted molar refractivity (Wildman–Crippen MR) is 52.2 cm³/mol. The predicted octanol–water partition coefficient (Wildman–Crippen LogP) is 2.81. The van der Waals surface area contributed by atoms with Crippen LogP contribution in [0.5, 0.6) is 5.75 Å². The van der Waals surface area contributed by atoms with Gasteiger partial charge in [0.05, 0.1) is 6.61 Å². The van der Waals surface area contributed by atoms with Crippen LogP contribution in [0.1, 0.15) is 30.4 Å². The van der Waals surface area contributed by atoms with Crippen molar-refractivity contribution < 1.29 is 4.74 Å². The molecule has 1 heteroatoms. The highest BCUT2D eigenvalue weighted by Crippen LogP contribution is 2.52. The molecular weight excluding hydrogens is 160 g/mol. The minimum absolute atomic E-state index is 0.418. The van der Waals surface area contributed by atoms with Gasteiger partial charge in [-0.05, 0) is 25.3 Å². The normalized spacial score (nSPS) is 22.2. The summed E-state index contributed by atoms with van der Waals surface area (Å²) < 4.78 is 5.79. The molecule has 0 saturated heterocycles. The van der Waals surface area contributed by atoms with E-state index in [1.54, 1.807) is 0 Å². The zero-order chi connectivity index (χ0) is 8.89. The molecule has 0 amide bonds. The monoisotopic (exact) mass is 174 g/mol. The standard InChI is InChI=1S/C12H14O/c1-9-4-2-5-10-11(9)13-8-12(10)6-3-7-12/h2,4-5H,3,6-8H2,1H3. The van der Waals surface area contributed by atoms with Crippen LogP contribution in [0.3, 0.4) is 0 Å². The Balaban J connectivity index is 2.16. The van der Waals surface area contributed by atoms with Gasteiger partial charge in [0.25, 0.3) is 0 Å². The van der Waals surface area contributed by atoms with Crippen molar-refractivity contribution in [3.8, 4) is 5.75 Å². The van der Waals surface area contributed by atoms with E-state index in [1.165, 1.54) is 36.1 Å². The summed E-state index contributed by atoms with van der Waals surface area (Å²) in [6.07, 6.45) is 4.02. The van der Waals surface area contributed by atoms with Gasteiger partial charge in [-0.25, -0.2) is 0 Å². The molecule has 1 saturated carbocycles. The van der Waals surface area contributed by atoms with Gasteiger partial charge in [-0.2, -0.15) is 0 Å². The number of para-hydroxylation sites is 1. The molecule has 13 heavy (non-hydrogen) atoms. The van der Waals surface area contributed by atoms with Gasteiger partial charge >= 0.3 is 0 Å². The Hall–Kier alpha value is -0.980. The summed E-state index contributed by atoms with van der Waals surface area (Å²) in [5.74, 6) is 1.17. The van der Waals surface area contributed by atoms with Crippen molar-refractivity contribution in [2.45, 2.75) is 31.6 Å². The molecule has 3 rings (SSSR count). The zero-order valence-electron chi connectivity index (χ0n) is 7.97. The van der Waals surface area contributed by atoms with Crippen molar-refractivity contribution in [3.63, 3.8) is 0 Å². The van der Waals surface area contributed by atoms with Gasteiger partial charge in [0.1, 0.15) is 5.75 Å². The molecule has 1 spiro atoms. The summed E-state index contributed by atoms with van der Waals surface area (Å²) in [6, 6.07) is 6.54. The first-order valence-electron chi connectivity index (χ1n) is 5.05. The van der Waals surface area contributed by atoms with E-state index in [-0.39, 0.29) is 0 Å². The number of hydrogen-bond donors (Lipinski definition) is 0. The third-order valence-electron chi connectivity index (χ3n) is 3.59. The SMILES string of the molecule is Cc1cccc2c1OCC21CCC1. The first kappa shape index (κ1) is 7.43. The van der Waals surface area contributed by atoms with Crippen molar-refractivity contribution in [1.29, 1.82) is 0 Å². The number of aryl methyl sites for hydroxylation is 1. The summed E-state index contributed by atoms with van der Waals surface area (Å²) in [5.41, 5.74) is 3.18. The van der Waals surface area contributed by atoms with Crippen molar-refractivity contribution >= 4 is 0 Å². The minimum atomic E-state index is 0.418. The molecule has 1 aliphatic heterocycles. The smallest absolute Gasteiger partial charge is 0.126 e. The van der Waals surface area contributed by atoms with Gasteiger partial charge in [-0.3, -0.25) is 0 Å². The molecule has 1 heterocycles. The van der Waals surface area contributed by atoms with Crippen LogP contribution < -0.4 is 4.74 Å². The Labute approximate surface area is 78.7 Å². The second kappa shape index (κ2) is 2.28. The molecule has 0 radical (unpaired) electrons. The molecule has 1 aromatic carbocycles. The fraction of sp³-hybridized carbons (Fsp3) is 0.500. The molecule has 2 aliphatic rings. The van der Waals surface area contributed by atoms with Crippen molar-refractivity contribution in [3.05, 3.63) is 29.3 Å². The molecule has 0 atom stereocenters. The Kier molecular flexibility index (Phi) is 1.30. The average Bonchev–Trinajstić information content (AvgIpc) is 2.44. The van der Waals surface area contributed by atoms with Crippen LogP contribution in [0.15, 0.2) is 18.2 Å². The summed E-state index contributed by atoms with van der Waals surface area (Å²) >= 11 is 0. The van der Waals surface area contributed by atoms with E-state index >= 15 is 0 Å². The lowest BCUT2D eigenvalue weighted by Crippen LogP contribution is -2.35. The van der Waals surface area contributed by atoms with Gasteiger partial charge in [-0.1, -0.05) is 24.6 Å². The topological polar surface area (TPSA) is 9.23 Å². The molecule has 1 nitrogen and oxygen atoms in total. The van der Waals surface area contributed by atoms with Crippen LogP contribution >= 0.6 is 0 Å². The lowest BCUT2D eigenvalue weighted by Gasteiger charge is -2.36. The van der Waals surface area contributed by atoms with Gasteiger partial charge < -0.3 is 4.74 Å². The molecule has 1 fully saturated rings. The number of hydrogen-bond acceptors (Lipinski definition) is 1. The maximum Gasteiger partial charge on any atom is 0.126 e. The molecule has 0 N–H and O–H groups in total. The van der Waals surface area contributed by atoms with Crippen molar-refractivity contribution in [2.75, 3.05) is 6.61 Å². The van der Waals surface area contributed by atoms with E-state index in [0.717, 1.165) is 6.61 Å². The number of benzene rings is 1. The third kappa shape index (κ3) is 0.822. The van der Waals surface area contributed by atoms with E-state index in [0.29, 0.717) is 5.41 Å². The summed E-state index contributed by atoms with van der Waals surface area (Å²) in [6.45, 7) is 3.06. The number of rotatable bonds is 0. The highest BCUT2D eigenvalue weighted by atomic mass is 16.5. The zero-order valence-corrected chi connectivity index (χ0v) is 7.97. The Bertz CT molecular complexity index is 350. The van der Waals surface area contributed by atoms with E-state index < -0.39 is 0 Å². The highest BCUT2D eigenvalue weighted by Gasteiger charge is 2.45. The van der Waals surface area contributed by atoms with E-state index in [4.69, 9.17) is 4.74 Å². The quantitative estimate of drug-likeness (QED) is 0.587. The number of fused-ring (bicyclic) bond motifs is 2. The molecule has 0 unspecified atom stereocenters. The van der Waals surface area contributed by atoms with Crippen LogP contribution in [0.25, 0.3) is 0 Å². The first-order chi connectivity index (χ1) is 6.32. The second-order valence-electron chi connectivity index (χ2n) is 4.37. The fourth-order valence-electron chi connectivity index (χ4n) is 2.57. The van der Waals surface area contributed by atoms with Gasteiger partial charge in [-0.15, -0.1) is 0 Å². The summed E-state index contributed by atoms with van der Waals surface area (Å²) in [7, 11) is 0. The first-order valence-corrected chi connectivity index (χ1v) is 5.05. The van der Waals surface area contributed by atoms with Gasteiger partial charge in [0.2, 0.25) is 0 Å². The van der Waals surface area contributed by atoms with Crippen LogP contribution in [0.2, 0.25) is 0 Å². The minimum Gasteiger partial charge on any atom is -0.492 e. The Morgan fingerprint density at radius 1 is 1.31 bits per heavy atom. The lowest BCUT2D eigenvalue weighted by atomic mass is 9.66. The number of ether oxygens (including phenoxy) is 1. The highest BCUT2D eigenvalue weighted by molar-refractivity contribution is 5.49. The molecule has 68 valence electrons. The van der Waals surface area contributed by atoms with E-state index in [9.17, 15) is 0 Å². The van der Waals surface area contributed by atoms with Crippen LogP contribution in [-0.4, -0.2) is 6.61 Å². The Morgan fingerprint density at radius 2 is 2.15 bits per heavy atom. The fourth-order valence-corrected chi connectivity index (χ4v) is 2.57. The maximum atomic E-state index is 5.79. The second-order valence-corrected chi connectivity index (χ2v) is 4.37. The van der Waals surface area contributed by atoms with Gasteiger partial charge in [0.15, 0.2) is 0 Å². The average molecular weight is 174 g/mol. The summed E-state index contributed by atoms with van der Waals surface area (Å²) in [4.78, 5) is 0. The molecular formula is C12H14O. The third-order valence-corrected chi connectivity index (χ3v) is 3.59. The van der Waals surface area contributed by atoms with E-state index in [1.807, 2.05) is 0 Å². The molecule has 0 bridgehead atoms. The van der Waals surface area contributed by atoms with Crippen molar-refractivity contribution in [1.82, 2.24) is 0 Å². The summed E-state index contributed by atoms with van der Waals surface area (Å²) in [5, 5.41) is 0. The Morgan fingerprint density at radius 3 is 2.85 bits per heavy atom. The molecule has 0 aromatic heterocycles. The maximum absolute atomic E-state index is 5.79. The van der Waals surface area contributed by atoms with Crippen LogP contribution in [-0.2, 0) is 5.41 Å². The van der Waals surface area contributed by atoms with Gasteiger partial charge in [0, 0.05) is 11.0 Å². The molecule has 1 aromatic rings. The lowest BCUT2D eigenvalue weighted by molar-refractivity contribution is 0.177. The van der Waals surface area contributed by atoms with Crippen LogP contribution in [0, 0.1) is 6.92 Å². The largest absolute Gasteiger partial charge is 0.492 e. The molecule has 1 aliphatic carbocycles.